The first-order valence-corrected chi connectivity index (χ1v) is 3.38. The van der Waals surface area contributed by atoms with Crippen LogP contribution in [0.3, 0.4) is 0 Å². The van der Waals surface area contributed by atoms with Gasteiger partial charge in [-0.3, -0.25) is 4.79 Å². The van der Waals surface area contributed by atoms with Crippen molar-refractivity contribution in [3.63, 3.8) is 0 Å². The maximum Gasteiger partial charge on any atom is 0.222 e. The smallest absolute Gasteiger partial charge is 0.222 e. The third-order valence-corrected chi connectivity index (χ3v) is 1.84. The van der Waals surface area contributed by atoms with Gasteiger partial charge in [0.05, 0.1) is 12.5 Å². The first-order chi connectivity index (χ1) is 4.75. The number of nitrogens with one attached hydrogen (secondary N) is 1. The molecule has 1 amide bonds. The van der Waals surface area contributed by atoms with E-state index in [0.29, 0.717) is 5.92 Å². The zero-order chi connectivity index (χ0) is 7.56. The van der Waals surface area contributed by atoms with Crippen molar-refractivity contribution >= 4 is 5.91 Å². The molecule has 1 saturated carbocycles. The van der Waals surface area contributed by atoms with Crippen LogP contribution in [0.2, 0.25) is 0 Å². The van der Waals surface area contributed by atoms with E-state index in [2.05, 4.69) is 5.11 Å². The van der Waals surface area contributed by atoms with Crippen LogP contribution in [0, 0.1) is 17.4 Å². The van der Waals surface area contributed by atoms with Gasteiger partial charge in [0.25, 0.3) is 0 Å². The van der Waals surface area contributed by atoms with Crippen LogP contribution >= 0.6 is 0 Å². The third kappa shape index (κ3) is 1.52. The summed E-state index contributed by atoms with van der Waals surface area (Å²) in [6.07, 6.45) is 2.15. The van der Waals surface area contributed by atoms with E-state index in [0.717, 1.165) is 12.8 Å². The standard InChI is InChI=1S/C6H11N3O/c7-6(10)5(3-9-8)4-1-2-4/h4-5,8H,1-3H2,(H2,7,10). The second-order valence-electron chi connectivity index (χ2n) is 2.69. The van der Waals surface area contributed by atoms with Crippen molar-refractivity contribution in [2.24, 2.45) is 22.7 Å². The maximum absolute atomic E-state index is 10.6. The SMILES string of the molecule is N=NCC(C(N)=O)C1CC1. The molecule has 0 saturated heterocycles. The number of amides is 1. The van der Waals surface area contributed by atoms with Crippen LogP contribution in [0.25, 0.3) is 0 Å². The molecule has 4 heteroatoms. The highest BCUT2D eigenvalue weighted by Crippen LogP contribution is 2.36. The van der Waals surface area contributed by atoms with Crippen molar-refractivity contribution < 1.29 is 4.79 Å². The quantitative estimate of drug-likeness (QED) is 0.550. The van der Waals surface area contributed by atoms with Crippen LogP contribution < -0.4 is 5.73 Å². The van der Waals surface area contributed by atoms with Gasteiger partial charge in [-0.25, -0.2) is 5.53 Å². The molecule has 0 heterocycles. The maximum atomic E-state index is 10.6. The number of hydrogen-bond donors (Lipinski definition) is 2. The summed E-state index contributed by atoms with van der Waals surface area (Å²) in [5.41, 5.74) is 11.6. The highest BCUT2D eigenvalue weighted by molar-refractivity contribution is 5.77. The van der Waals surface area contributed by atoms with E-state index in [1.54, 1.807) is 0 Å². The van der Waals surface area contributed by atoms with Crippen LogP contribution in [-0.4, -0.2) is 12.5 Å². The van der Waals surface area contributed by atoms with Gasteiger partial charge in [0.15, 0.2) is 0 Å². The second-order valence-corrected chi connectivity index (χ2v) is 2.69. The Bertz CT molecular complexity index is 153. The van der Waals surface area contributed by atoms with E-state index in [1.165, 1.54) is 0 Å². The molecule has 4 nitrogen and oxygen atoms in total. The molecule has 1 aliphatic rings. The van der Waals surface area contributed by atoms with Crippen molar-refractivity contribution in [1.29, 1.82) is 5.53 Å². The molecule has 0 spiro atoms. The van der Waals surface area contributed by atoms with Gasteiger partial charge in [-0.2, -0.15) is 5.11 Å². The minimum atomic E-state index is -0.307. The minimum absolute atomic E-state index is 0.169. The monoisotopic (exact) mass is 141 g/mol. The summed E-state index contributed by atoms with van der Waals surface area (Å²) in [5.74, 6) is -0.0531. The molecule has 0 aliphatic heterocycles. The largest absolute Gasteiger partial charge is 0.369 e. The predicted molar refractivity (Wildman–Crippen MR) is 35.4 cm³/mol. The molecule has 0 bridgehead atoms. The predicted octanol–water partition coefficient (Wildman–Crippen LogP) is 0.529. The molecular formula is C6H11N3O. The zero-order valence-corrected chi connectivity index (χ0v) is 5.71. The molecular weight excluding hydrogens is 130 g/mol. The van der Waals surface area contributed by atoms with Gasteiger partial charge in [-0.1, -0.05) is 0 Å². The molecule has 1 unspecified atom stereocenters. The Morgan fingerprint density at radius 2 is 2.40 bits per heavy atom. The van der Waals surface area contributed by atoms with Crippen LogP contribution in [-0.2, 0) is 4.79 Å². The minimum Gasteiger partial charge on any atom is -0.369 e. The Labute approximate surface area is 59.3 Å². The van der Waals surface area contributed by atoms with Gasteiger partial charge in [0.1, 0.15) is 0 Å². The number of rotatable bonds is 4. The summed E-state index contributed by atoms with van der Waals surface area (Å²) in [4.78, 5) is 10.6. The number of hydrogen-bond acceptors (Lipinski definition) is 3. The van der Waals surface area contributed by atoms with Crippen LogP contribution in [0.1, 0.15) is 12.8 Å². The molecule has 0 aromatic heterocycles. The third-order valence-electron chi connectivity index (χ3n) is 1.84. The summed E-state index contributed by atoms with van der Waals surface area (Å²) >= 11 is 0. The zero-order valence-electron chi connectivity index (χ0n) is 5.71. The molecule has 10 heavy (non-hydrogen) atoms. The fourth-order valence-electron chi connectivity index (χ4n) is 1.07. The van der Waals surface area contributed by atoms with Gasteiger partial charge < -0.3 is 5.73 Å². The highest BCUT2D eigenvalue weighted by Gasteiger charge is 2.34. The van der Waals surface area contributed by atoms with Gasteiger partial charge in [0, 0.05) is 0 Å². The van der Waals surface area contributed by atoms with Crippen LogP contribution in [0.15, 0.2) is 5.11 Å². The van der Waals surface area contributed by atoms with Crippen LogP contribution in [0.5, 0.6) is 0 Å². The fraction of sp³-hybridized carbons (Fsp3) is 0.833. The van der Waals surface area contributed by atoms with E-state index in [-0.39, 0.29) is 18.4 Å². The topological polar surface area (TPSA) is 79.3 Å². The van der Waals surface area contributed by atoms with Crippen molar-refractivity contribution in [1.82, 2.24) is 0 Å². The fourth-order valence-corrected chi connectivity index (χ4v) is 1.07. The Hall–Kier alpha value is -0.930. The molecule has 56 valence electrons. The van der Waals surface area contributed by atoms with Crippen molar-refractivity contribution in [2.45, 2.75) is 12.8 Å². The average molecular weight is 141 g/mol. The molecule has 1 rings (SSSR count). The summed E-state index contributed by atoms with van der Waals surface area (Å²) in [6.45, 7) is 0.278. The van der Waals surface area contributed by atoms with Crippen LogP contribution in [0.4, 0.5) is 0 Å². The second kappa shape index (κ2) is 2.77. The molecule has 1 atom stereocenters. The van der Waals surface area contributed by atoms with E-state index in [1.807, 2.05) is 0 Å². The lowest BCUT2D eigenvalue weighted by atomic mass is 10.0. The number of carbonyl (C=O) groups is 1. The number of carbonyl (C=O) groups excluding carboxylic acids is 1. The molecule has 3 N–H and O–H groups in total. The summed E-state index contributed by atoms with van der Waals surface area (Å²) in [6, 6.07) is 0. The van der Waals surface area contributed by atoms with Gasteiger partial charge in [-0.05, 0) is 18.8 Å². The lowest BCUT2D eigenvalue weighted by molar-refractivity contribution is -0.122. The number of nitrogens with two attached hydrogens (primary N) is 1. The lowest BCUT2D eigenvalue weighted by Crippen LogP contribution is -2.27. The average Bonchev–Trinajstić information content (AvgIpc) is 2.63. The normalized spacial score (nSPS) is 20.0. The van der Waals surface area contributed by atoms with Crippen molar-refractivity contribution in [2.75, 3.05) is 6.54 Å². The Balaban J connectivity index is 2.41. The highest BCUT2D eigenvalue weighted by atomic mass is 16.1. The summed E-state index contributed by atoms with van der Waals surface area (Å²) in [5, 5.41) is 3.17. The Morgan fingerprint density at radius 3 is 2.70 bits per heavy atom. The summed E-state index contributed by atoms with van der Waals surface area (Å²) in [7, 11) is 0. The molecule has 1 fully saturated rings. The Morgan fingerprint density at radius 1 is 1.80 bits per heavy atom. The molecule has 0 aromatic carbocycles. The molecule has 0 aromatic rings. The van der Waals surface area contributed by atoms with Crippen molar-refractivity contribution in [3.8, 4) is 0 Å². The number of primary amides is 1. The van der Waals surface area contributed by atoms with E-state index >= 15 is 0 Å². The first kappa shape index (κ1) is 7.18. The van der Waals surface area contributed by atoms with Gasteiger partial charge in [0.2, 0.25) is 5.91 Å². The number of nitrogens with zero attached hydrogens (tertiary/aromatic N) is 1. The van der Waals surface area contributed by atoms with E-state index in [4.69, 9.17) is 11.3 Å². The lowest BCUT2D eigenvalue weighted by Gasteiger charge is -2.05. The molecule has 0 radical (unpaired) electrons. The Kier molecular flexibility index (Phi) is 1.99. The van der Waals surface area contributed by atoms with E-state index < -0.39 is 0 Å². The van der Waals surface area contributed by atoms with Gasteiger partial charge in [-0.15, -0.1) is 0 Å². The van der Waals surface area contributed by atoms with E-state index in [9.17, 15) is 4.79 Å². The molecule has 1 aliphatic carbocycles. The summed E-state index contributed by atoms with van der Waals surface area (Å²) < 4.78 is 0. The van der Waals surface area contributed by atoms with Gasteiger partial charge >= 0.3 is 0 Å². The van der Waals surface area contributed by atoms with Crippen molar-refractivity contribution in [3.05, 3.63) is 0 Å². The first-order valence-electron chi connectivity index (χ1n) is 3.38.